The highest BCUT2D eigenvalue weighted by molar-refractivity contribution is 6.48. The summed E-state index contributed by atoms with van der Waals surface area (Å²) in [5.74, 6) is 1.17. The van der Waals surface area contributed by atoms with Gasteiger partial charge in [0.2, 0.25) is 5.91 Å². The molecule has 0 aromatic heterocycles. The van der Waals surface area contributed by atoms with Crippen LogP contribution in [0.2, 0.25) is 0 Å². The first kappa shape index (κ1) is 32.1. The Balaban J connectivity index is 1.41. The zero-order chi connectivity index (χ0) is 30.7. The molecule has 10 nitrogen and oxygen atoms in total. The van der Waals surface area contributed by atoms with Gasteiger partial charge in [-0.15, -0.1) is 0 Å². The van der Waals surface area contributed by atoms with Crippen molar-refractivity contribution in [1.82, 2.24) is 21.3 Å². The molecule has 4 aliphatic rings. The normalized spacial score (nSPS) is 26.9. The maximum atomic E-state index is 13.7. The highest BCUT2D eigenvalue weighted by Crippen LogP contribution is 2.65. The maximum absolute atomic E-state index is 13.7. The lowest BCUT2D eigenvalue weighted by Crippen LogP contribution is -2.65. The molecule has 1 saturated heterocycles. The average Bonchev–Trinajstić information content (AvgIpc) is 3.30. The van der Waals surface area contributed by atoms with Crippen LogP contribution < -0.4 is 26.0 Å². The standard InChI is InChI=1S/C31H50BN5O5/c1-19(2)15-26(32-41-25-17-21-16-24(30(21,4)5)31(25,6)42-32)37-28(39)23(9-8-14-35-29(33)34-7)36-27(38)18-40-22-12-10-20(3)11-13-22/h10-13,19,21,23-26H,8-9,14-18H2,1-7H3,(H,36,38)(H,37,39)(H3,33,34,35)/t21-,23-,24-,25+,26-,31-/m0/s1. The van der Waals surface area contributed by atoms with Crippen LogP contribution >= 0.6 is 0 Å². The van der Waals surface area contributed by atoms with Crippen LogP contribution in [0.5, 0.6) is 5.75 Å². The second-order valence-electron chi connectivity index (χ2n) is 13.5. The van der Waals surface area contributed by atoms with Crippen LogP contribution in [0, 0.1) is 35.5 Å². The Kier molecular flexibility index (Phi) is 10.1. The van der Waals surface area contributed by atoms with Gasteiger partial charge in [0.25, 0.3) is 5.91 Å². The van der Waals surface area contributed by atoms with Crippen molar-refractivity contribution >= 4 is 24.9 Å². The second-order valence-corrected chi connectivity index (χ2v) is 13.5. The first-order valence-electron chi connectivity index (χ1n) is 15.5. The SMILES string of the molecule is CNC(=N)NCCC[C@H](NC(=O)COc1ccc(C)cc1)C(=O)N[C@@H](CC(C)C)B1O[C@@H]2C[C@@H]3C[C@@H](C3(C)C)[C@]2(C)O1. The van der Waals surface area contributed by atoms with Crippen LogP contribution in [-0.4, -0.2) is 68.8 Å². The van der Waals surface area contributed by atoms with Crippen molar-refractivity contribution in [3.05, 3.63) is 29.8 Å². The Hall–Kier alpha value is -2.79. The Bertz CT molecular complexity index is 1120. The van der Waals surface area contributed by atoms with Crippen molar-refractivity contribution in [3.8, 4) is 5.75 Å². The van der Waals surface area contributed by atoms with E-state index in [1.807, 2.05) is 31.2 Å². The van der Waals surface area contributed by atoms with Gasteiger partial charge in [-0.2, -0.15) is 0 Å². The van der Waals surface area contributed by atoms with Crippen LogP contribution in [0.4, 0.5) is 0 Å². The third-order valence-electron chi connectivity index (χ3n) is 9.61. The minimum absolute atomic E-state index is 0.0221. The van der Waals surface area contributed by atoms with Crippen LogP contribution in [0.25, 0.3) is 0 Å². The fraction of sp³-hybridized carbons (Fsp3) is 0.710. The minimum Gasteiger partial charge on any atom is -0.484 e. The molecule has 2 amide bonds. The molecule has 0 radical (unpaired) electrons. The number of benzene rings is 1. The lowest BCUT2D eigenvalue weighted by molar-refractivity contribution is -0.199. The van der Waals surface area contributed by atoms with E-state index in [4.69, 9.17) is 19.5 Å². The summed E-state index contributed by atoms with van der Waals surface area (Å²) in [6.07, 6.45) is 3.82. The number of hydrogen-bond acceptors (Lipinski definition) is 6. The summed E-state index contributed by atoms with van der Waals surface area (Å²) < 4.78 is 18.9. The van der Waals surface area contributed by atoms with Crippen molar-refractivity contribution in [2.75, 3.05) is 20.2 Å². The Morgan fingerprint density at radius 1 is 1.14 bits per heavy atom. The third kappa shape index (κ3) is 7.22. The van der Waals surface area contributed by atoms with Gasteiger partial charge in [0.05, 0.1) is 17.6 Å². The molecule has 4 fully saturated rings. The maximum Gasteiger partial charge on any atom is 0.481 e. The van der Waals surface area contributed by atoms with E-state index in [1.54, 1.807) is 7.05 Å². The number of nitrogens with one attached hydrogen (secondary N) is 5. The van der Waals surface area contributed by atoms with Crippen molar-refractivity contribution in [2.45, 2.75) is 97.3 Å². The summed E-state index contributed by atoms with van der Waals surface area (Å²) in [4.78, 5) is 26.6. The van der Waals surface area contributed by atoms with Crippen molar-refractivity contribution in [1.29, 1.82) is 5.41 Å². The highest BCUT2D eigenvalue weighted by atomic mass is 16.7. The van der Waals surface area contributed by atoms with E-state index in [9.17, 15) is 9.59 Å². The Labute approximate surface area is 251 Å². The number of carbonyl (C=O) groups excluding carboxylic acids is 2. The molecule has 6 atom stereocenters. The molecular formula is C31H50BN5O5. The molecule has 3 aliphatic carbocycles. The third-order valence-corrected chi connectivity index (χ3v) is 9.61. The van der Waals surface area contributed by atoms with Gasteiger partial charge in [0.1, 0.15) is 11.8 Å². The lowest BCUT2D eigenvalue weighted by Gasteiger charge is -2.64. The predicted molar refractivity (Wildman–Crippen MR) is 164 cm³/mol. The first-order chi connectivity index (χ1) is 19.8. The molecule has 5 N–H and O–H groups in total. The summed E-state index contributed by atoms with van der Waals surface area (Å²) >= 11 is 0. The van der Waals surface area contributed by atoms with E-state index in [-0.39, 0.29) is 47.4 Å². The van der Waals surface area contributed by atoms with Gasteiger partial charge in [-0.25, -0.2) is 0 Å². The Morgan fingerprint density at radius 2 is 1.86 bits per heavy atom. The minimum atomic E-state index is -0.773. The van der Waals surface area contributed by atoms with E-state index in [2.05, 4.69) is 55.9 Å². The van der Waals surface area contributed by atoms with Crippen LogP contribution in [-0.2, 0) is 18.9 Å². The van der Waals surface area contributed by atoms with Gasteiger partial charge in [-0.05, 0) is 81.3 Å². The predicted octanol–water partition coefficient (Wildman–Crippen LogP) is 3.18. The molecule has 1 aromatic carbocycles. The van der Waals surface area contributed by atoms with Crippen molar-refractivity contribution in [2.24, 2.45) is 23.2 Å². The number of aryl methyl sites for hydroxylation is 1. The monoisotopic (exact) mass is 583 g/mol. The number of amides is 2. The number of ether oxygens (including phenoxy) is 1. The number of hydrogen-bond donors (Lipinski definition) is 5. The van der Waals surface area contributed by atoms with E-state index >= 15 is 0 Å². The Morgan fingerprint density at radius 3 is 2.50 bits per heavy atom. The number of guanidine groups is 1. The zero-order valence-electron chi connectivity index (χ0n) is 26.3. The molecule has 11 heteroatoms. The topological polar surface area (TPSA) is 134 Å². The second kappa shape index (κ2) is 13.2. The van der Waals surface area contributed by atoms with Crippen molar-refractivity contribution < 1.29 is 23.6 Å². The molecule has 0 unspecified atom stereocenters. The van der Waals surface area contributed by atoms with Gasteiger partial charge in [0.15, 0.2) is 12.6 Å². The quantitative estimate of drug-likeness (QED) is 0.104. The van der Waals surface area contributed by atoms with Gasteiger partial charge in [0, 0.05) is 13.6 Å². The van der Waals surface area contributed by atoms with Crippen LogP contribution in [0.1, 0.15) is 72.3 Å². The highest BCUT2D eigenvalue weighted by Gasteiger charge is 2.68. The summed E-state index contributed by atoms with van der Waals surface area (Å²) in [5.41, 5.74) is 0.963. The van der Waals surface area contributed by atoms with Crippen LogP contribution in [0.3, 0.4) is 0 Å². The molecule has 5 rings (SSSR count). The molecular weight excluding hydrogens is 533 g/mol. The number of rotatable bonds is 13. The van der Waals surface area contributed by atoms with Crippen LogP contribution in [0.15, 0.2) is 24.3 Å². The van der Waals surface area contributed by atoms with Gasteiger partial charge in [-0.1, -0.05) is 45.4 Å². The average molecular weight is 584 g/mol. The van der Waals surface area contributed by atoms with Gasteiger partial charge < -0.3 is 35.3 Å². The molecule has 2 bridgehead atoms. The number of carbonyl (C=O) groups is 2. The largest absolute Gasteiger partial charge is 0.484 e. The molecule has 232 valence electrons. The van der Waals surface area contributed by atoms with Gasteiger partial charge in [-0.3, -0.25) is 15.0 Å². The molecule has 0 spiro atoms. The summed E-state index contributed by atoms with van der Waals surface area (Å²) in [6, 6.07) is 6.70. The lowest BCUT2D eigenvalue weighted by atomic mass is 9.43. The summed E-state index contributed by atoms with van der Waals surface area (Å²) in [5, 5.41) is 19.5. The van der Waals surface area contributed by atoms with Crippen molar-refractivity contribution in [3.63, 3.8) is 0 Å². The van der Waals surface area contributed by atoms with E-state index in [0.29, 0.717) is 49.3 Å². The van der Waals surface area contributed by atoms with E-state index in [1.165, 1.54) is 0 Å². The first-order valence-corrected chi connectivity index (χ1v) is 15.5. The van der Waals surface area contributed by atoms with E-state index in [0.717, 1.165) is 18.4 Å². The smallest absolute Gasteiger partial charge is 0.481 e. The molecule has 1 aliphatic heterocycles. The van der Waals surface area contributed by atoms with E-state index < -0.39 is 13.2 Å². The molecule has 3 saturated carbocycles. The van der Waals surface area contributed by atoms with Gasteiger partial charge >= 0.3 is 7.12 Å². The fourth-order valence-electron chi connectivity index (χ4n) is 7.00. The molecule has 42 heavy (non-hydrogen) atoms. The summed E-state index contributed by atoms with van der Waals surface area (Å²) in [7, 11) is 1.13. The fourth-order valence-corrected chi connectivity index (χ4v) is 7.00. The molecule has 1 aromatic rings. The molecule has 1 heterocycles. The summed E-state index contributed by atoms with van der Waals surface area (Å²) in [6.45, 7) is 13.4. The zero-order valence-corrected chi connectivity index (χ0v) is 26.3.